The van der Waals surface area contributed by atoms with Crippen molar-refractivity contribution in [1.29, 1.82) is 0 Å². The second-order valence-corrected chi connectivity index (χ2v) is 6.63. The van der Waals surface area contributed by atoms with E-state index >= 15 is 0 Å². The summed E-state index contributed by atoms with van der Waals surface area (Å²) >= 11 is 0. The second kappa shape index (κ2) is 8.03. The van der Waals surface area contributed by atoms with Crippen molar-refractivity contribution in [2.75, 3.05) is 6.54 Å². The van der Waals surface area contributed by atoms with Crippen LogP contribution < -0.4 is 4.74 Å². The van der Waals surface area contributed by atoms with Crippen molar-refractivity contribution in [3.05, 3.63) is 77.9 Å². The van der Waals surface area contributed by atoms with E-state index in [-0.39, 0.29) is 11.9 Å². The van der Waals surface area contributed by atoms with Crippen LogP contribution in [0.1, 0.15) is 35.7 Å². The summed E-state index contributed by atoms with van der Waals surface area (Å²) in [7, 11) is 0. The average Bonchev–Trinajstić information content (AvgIpc) is 3.39. The summed E-state index contributed by atoms with van der Waals surface area (Å²) in [6.07, 6.45) is 7.35. The zero-order valence-electron chi connectivity index (χ0n) is 15.0. The SMILES string of the molecule is O=C(Cc1ccc(OCc2ccncc2)cc1)N1CCCC1c1ccon1. The molecule has 1 saturated heterocycles. The van der Waals surface area contributed by atoms with Crippen molar-refractivity contribution in [1.82, 2.24) is 15.0 Å². The highest BCUT2D eigenvalue weighted by atomic mass is 16.5. The third kappa shape index (κ3) is 4.16. The van der Waals surface area contributed by atoms with Crippen LogP contribution in [0.2, 0.25) is 0 Å². The molecule has 3 heterocycles. The first-order valence-electron chi connectivity index (χ1n) is 9.10. The van der Waals surface area contributed by atoms with Gasteiger partial charge in [0, 0.05) is 25.0 Å². The number of likely N-dealkylation sites (tertiary alicyclic amines) is 1. The second-order valence-electron chi connectivity index (χ2n) is 6.63. The van der Waals surface area contributed by atoms with E-state index in [4.69, 9.17) is 9.26 Å². The van der Waals surface area contributed by atoms with E-state index in [1.807, 2.05) is 47.4 Å². The minimum Gasteiger partial charge on any atom is -0.489 e. The average molecular weight is 363 g/mol. The Morgan fingerprint density at radius 2 is 1.93 bits per heavy atom. The Balaban J connectivity index is 1.34. The fourth-order valence-electron chi connectivity index (χ4n) is 3.39. The lowest BCUT2D eigenvalue weighted by Crippen LogP contribution is -2.32. The highest BCUT2D eigenvalue weighted by molar-refractivity contribution is 5.79. The summed E-state index contributed by atoms with van der Waals surface area (Å²) < 4.78 is 10.7. The summed E-state index contributed by atoms with van der Waals surface area (Å²) in [6, 6.07) is 13.4. The van der Waals surface area contributed by atoms with Crippen molar-refractivity contribution < 1.29 is 14.1 Å². The predicted octanol–water partition coefficient (Wildman–Crippen LogP) is 3.55. The number of aromatic nitrogens is 2. The van der Waals surface area contributed by atoms with Gasteiger partial charge in [0.25, 0.3) is 0 Å². The molecule has 0 saturated carbocycles. The number of carbonyl (C=O) groups excluding carboxylic acids is 1. The quantitative estimate of drug-likeness (QED) is 0.670. The molecule has 6 heteroatoms. The van der Waals surface area contributed by atoms with Crippen LogP contribution in [-0.2, 0) is 17.8 Å². The number of nitrogens with zero attached hydrogens (tertiary/aromatic N) is 3. The van der Waals surface area contributed by atoms with Crippen LogP contribution in [0, 0.1) is 0 Å². The van der Waals surface area contributed by atoms with Gasteiger partial charge in [-0.1, -0.05) is 17.3 Å². The zero-order valence-corrected chi connectivity index (χ0v) is 15.0. The lowest BCUT2D eigenvalue weighted by Gasteiger charge is -2.23. The van der Waals surface area contributed by atoms with E-state index < -0.39 is 0 Å². The van der Waals surface area contributed by atoms with Gasteiger partial charge in [0.15, 0.2) is 0 Å². The Hall–Kier alpha value is -3.15. The van der Waals surface area contributed by atoms with Crippen LogP contribution in [0.4, 0.5) is 0 Å². The Kier molecular flexibility index (Phi) is 5.14. The van der Waals surface area contributed by atoms with Crippen molar-refractivity contribution >= 4 is 5.91 Å². The highest BCUT2D eigenvalue weighted by Gasteiger charge is 2.31. The fraction of sp³-hybridized carbons (Fsp3) is 0.286. The van der Waals surface area contributed by atoms with Crippen LogP contribution >= 0.6 is 0 Å². The van der Waals surface area contributed by atoms with Gasteiger partial charge in [0.1, 0.15) is 24.3 Å². The Bertz CT molecular complexity index is 863. The normalized spacial score (nSPS) is 16.4. The molecule has 1 aliphatic rings. The Morgan fingerprint density at radius 1 is 1.11 bits per heavy atom. The lowest BCUT2D eigenvalue weighted by molar-refractivity contribution is -0.131. The number of rotatable bonds is 6. The van der Waals surface area contributed by atoms with Gasteiger partial charge in [-0.25, -0.2) is 0 Å². The van der Waals surface area contributed by atoms with Crippen LogP contribution in [0.15, 0.2) is 65.6 Å². The van der Waals surface area contributed by atoms with Gasteiger partial charge < -0.3 is 14.2 Å². The maximum Gasteiger partial charge on any atom is 0.227 e. The molecule has 1 amide bonds. The van der Waals surface area contributed by atoms with Crippen molar-refractivity contribution in [3.63, 3.8) is 0 Å². The van der Waals surface area contributed by atoms with Crippen LogP contribution in [0.3, 0.4) is 0 Å². The molecule has 6 nitrogen and oxygen atoms in total. The minimum atomic E-state index is 0.0271. The van der Waals surface area contributed by atoms with Gasteiger partial charge >= 0.3 is 0 Å². The fourth-order valence-corrected chi connectivity index (χ4v) is 3.39. The smallest absolute Gasteiger partial charge is 0.227 e. The first-order valence-corrected chi connectivity index (χ1v) is 9.10. The molecule has 1 atom stereocenters. The van der Waals surface area contributed by atoms with Crippen molar-refractivity contribution in [2.45, 2.75) is 31.9 Å². The maximum atomic E-state index is 12.7. The van der Waals surface area contributed by atoms with Crippen LogP contribution in [0.25, 0.3) is 0 Å². The monoisotopic (exact) mass is 363 g/mol. The van der Waals surface area contributed by atoms with Gasteiger partial charge in [-0.05, 0) is 48.2 Å². The van der Waals surface area contributed by atoms with Gasteiger partial charge in [-0.2, -0.15) is 0 Å². The number of amides is 1. The first-order chi connectivity index (χ1) is 13.3. The molecule has 3 aromatic rings. The van der Waals surface area contributed by atoms with Crippen molar-refractivity contribution in [3.8, 4) is 5.75 Å². The Labute approximate surface area is 157 Å². The molecule has 1 unspecified atom stereocenters. The standard InChI is InChI=1S/C21H21N3O3/c25-21(24-12-1-2-20(24)19-9-13-27-23-19)14-16-3-5-18(6-4-16)26-15-17-7-10-22-11-8-17/h3-11,13,20H,1-2,12,14-15H2. The summed E-state index contributed by atoms with van der Waals surface area (Å²) in [6.45, 7) is 1.26. The molecular formula is C21H21N3O3. The number of hydrogen-bond acceptors (Lipinski definition) is 5. The molecule has 138 valence electrons. The van der Waals surface area contributed by atoms with Crippen molar-refractivity contribution in [2.24, 2.45) is 0 Å². The summed E-state index contributed by atoms with van der Waals surface area (Å²) in [5.41, 5.74) is 2.87. The van der Waals surface area contributed by atoms with E-state index in [0.717, 1.165) is 42.0 Å². The highest BCUT2D eigenvalue weighted by Crippen LogP contribution is 2.31. The van der Waals surface area contributed by atoms with Gasteiger partial charge in [0.2, 0.25) is 5.91 Å². The number of pyridine rings is 1. The molecular weight excluding hydrogens is 342 g/mol. The van der Waals surface area contributed by atoms with Crippen LogP contribution in [-0.4, -0.2) is 27.5 Å². The van der Waals surface area contributed by atoms with Gasteiger partial charge in [-0.15, -0.1) is 0 Å². The number of benzene rings is 1. The molecule has 1 aromatic carbocycles. The van der Waals surface area contributed by atoms with Crippen LogP contribution in [0.5, 0.6) is 5.75 Å². The molecule has 1 aliphatic heterocycles. The maximum absolute atomic E-state index is 12.7. The lowest BCUT2D eigenvalue weighted by atomic mass is 10.1. The molecule has 0 aliphatic carbocycles. The molecule has 0 radical (unpaired) electrons. The summed E-state index contributed by atoms with van der Waals surface area (Å²) in [4.78, 5) is 18.6. The summed E-state index contributed by atoms with van der Waals surface area (Å²) in [5.74, 6) is 0.899. The first kappa shape index (κ1) is 17.3. The molecule has 1 fully saturated rings. The van der Waals surface area contributed by atoms with E-state index in [1.165, 1.54) is 0 Å². The largest absolute Gasteiger partial charge is 0.489 e. The predicted molar refractivity (Wildman–Crippen MR) is 98.9 cm³/mol. The molecule has 27 heavy (non-hydrogen) atoms. The van der Waals surface area contributed by atoms with Gasteiger partial charge in [0.05, 0.1) is 12.5 Å². The third-order valence-corrected chi connectivity index (χ3v) is 4.81. The molecule has 4 rings (SSSR count). The Morgan fingerprint density at radius 3 is 2.67 bits per heavy atom. The topological polar surface area (TPSA) is 68.5 Å². The molecule has 0 spiro atoms. The van der Waals surface area contributed by atoms with E-state index in [1.54, 1.807) is 18.7 Å². The van der Waals surface area contributed by atoms with Gasteiger partial charge in [-0.3, -0.25) is 9.78 Å². The van der Waals surface area contributed by atoms with E-state index in [0.29, 0.717) is 13.0 Å². The van der Waals surface area contributed by atoms with E-state index in [2.05, 4.69) is 10.1 Å². The number of ether oxygens (including phenoxy) is 1. The number of carbonyl (C=O) groups is 1. The molecule has 0 bridgehead atoms. The number of hydrogen-bond donors (Lipinski definition) is 0. The minimum absolute atomic E-state index is 0.0271. The summed E-state index contributed by atoms with van der Waals surface area (Å²) in [5, 5.41) is 4.01. The zero-order chi connectivity index (χ0) is 18.5. The third-order valence-electron chi connectivity index (χ3n) is 4.81. The molecule has 2 aromatic heterocycles. The van der Waals surface area contributed by atoms with E-state index in [9.17, 15) is 4.79 Å². The molecule has 0 N–H and O–H groups in total.